The number of anilines is 2. The van der Waals surface area contributed by atoms with E-state index in [2.05, 4.69) is 10.6 Å². The Labute approximate surface area is 175 Å². The molecular formula is C21H25FN2O5S. The minimum atomic E-state index is -3.50. The second kappa shape index (κ2) is 10.7. The minimum Gasteiger partial charge on any atom is -0.495 e. The van der Waals surface area contributed by atoms with Crippen LogP contribution in [0.3, 0.4) is 0 Å². The van der Waals surface area contributed by atoms with Gasteiger partial charge in [-0.3, -0.25) is 9.59 Å². The fourth-order valence-electron chi connectivity index (χ4n) is 2.75. The van der Waals surface area contributed by atoms with Crippen LogP contribution in [0.2, 0.25) is 0 Å². The summed E-state index contributed by atoms with van der Waals surface area (Å²) in [4.78, 5) is 24.5. The van der Waals surface area contributed by atoms with Gasteiger partial charge in [0.1, 0.15) is 17.3 Å². The Morgan fingerprint density at radius 3 is 2.50 bits per heavy atom. The van der Waals surface area contributed by atoms with Crippen molar-refractivity contribution in [3.05, 3.63) is 53.8 Å². The lowest BCUT2D eigenvalue weighted by Crippen LogP contribution is -2.24. The number of amides is 2. The zero-order chi connectivity index (χ0) is 22.1. The number of methoxy groups -OCH3 is 1. The summed E-state index contributed by atoms with van der Waals surface area (Å²) in [6, 6.07) is 9.68. The van der Waals surface area contributed by atoms with Crippen molar-refractivity contribution < 1.29 is 27.1 Å². The minimum absolute atomic E-state index is 0.0359. The van der Waals surface area contributed by atoms with Gasteiger partial charge in [0.05, 0.1) is 18.6 Å². The Hall–Kier alpha value is -2.94. The van der Waals surface area contributed by atoms with Gasteiger partial charge in [0.25, 0.3) is 5.91 Å². The van der Waals surface area contributed by atoms with Crippen molar-refractivity contribution in [3.8, 4) is 5.75 Å². The Balaban J connectivity index is 2.10. The average molecular weight is 437 g/mol. The van der Waals surface area contributed by atoms with Crippen LogP contribution in [0.25, 0.3) is 0 Å². The molecule has 30 heavy (non-hydrogen) atoms. The van der Waals surface area contributed by atoms with E-state index in [9.17, 15) is 22.4 Å². The van der Waals surface area contributed by atoms with Crippen LogP contribution in [0.4, 0.5) is 15.8 Å². The average Bonchev–Trinajstić information content (AvgIpc) is 2.67. The van der Waals surface area contributed by atoms with Crippen molar-refractivity contribution >= 4 is 33.0 Å². The molecule has 0 aliphatic rings. The first-order chi connectivity index (χ1) is 14.2. The molecule has 0 atom stereocenters. The first kappa shape index (κ1) is 23.3. The summed E-state index contributed by atoms with van der Waals surface area (Å²) in [5, 5.41) is 5.12. The molecule has 0 heterocycles. The quantitative estimate of drug-likeness (QED) is 0.554. The molecule has 0 aliphatic carbocycles. The van der Waals surface area contributed by atoms with Crippen molar-refractivity contribution in [1.29, 1.82) is 0 Å². The number of ether oxygens (including phenoxy) is 1. The van der Waals surface area contributed by atoms with Crippen LogP contribution >= 0.6 is 0 Å². The van der Waals surface area contributed by atoms with E-state index in [0.29, 0.717) is 17.9 Å². The molecule has 2 aromatic rings. The van der Waals surface area contributed by atoms with Crippen molar-refractivity contribution in [1.82, 2.24) is 0 Å². The van der Waals surface area contributed by atoms with Crippen LogP contribution in [0.5, 0.6) is 5.75 Å². The molecule has 0 saturated heterocycles. The van der Waals surface area contributed by atoms with Crippen LogP contribution in [0.15, 0.2) is 42.5 Å². The number of rotatable bonds is 10. The largest absolute Gasteiger partial charge is 0.495 e. The standard InChI is InChI=1S/C21H25FN2O5S/c1-3-4-5-11-30(27,28)14-20(25)23-17-9-10-19(29-2)18(13-17)24-21(26)15-7-6-8-16(22)12-15/h6-10,12-13H,3-5,11,14H2,1-2H3,(H,23,25)(H,24,26). The van der Waals surface area contributed by atoms with Crippen molar-refractivity contribution in [3.63, 3.8) is 0 Å². The predicted molar refractivity (Wildman–Crippen MR) is 114 cm³/mol. The van der Waals surface area contributed by atoms with Gasteiger partial charge in [-0.15, -0.1) is 0 Å². The van der Waals surface area contributed by atoms with Crippen LogP contribution in [-0.4, -0.2) is 38.8 Å². The Kier molecular flexibility index (Phi) is 8.35. The normalized spacial score (nSPS) is 11.0. The molecule has 0 fully saturated rings. The number of sulfone groups is 1. The van der Waals surface area contributed by atoms with Crippen LogP contribution in [0.1, 0.15) is 36.5 Å². The first-order valence-corrected chi connectivity index (χ1v) is 11.3. The summed E-state index contributed by atoms with van der Waals surface area (Å²) < 4.78 is 42.6. The Bertz CT molecular complexity index is 1010. The number of nitrogens with one attached hydrogen (secondary N) is 2. The van der Waals surface area contributed by atoms with E-state index >= 15 is 0 Å². The number of benzene rings is 2. The SMILES string of the molecule is CCCCCS(=O)(=O)CC(=O)Nc1ccc(OC)c(NC(=O)c2cccc(F)c2)c1. The fourth-order valence-corrected chi connectivity index (χ4v) is 4.01. The van der Waals surface area contributed by atoms with Gasteiger partial charge >= 0.3 is 0 Å². The molecule has 0 saturated carbocycles. The van der Waals surface area contributed by atoms with E-state index in [0.717, 1.165) is 18.9 Å². The van der Waals surface area contributed by atoms with Gasteiger partial charge < -0.3 is 15.4 Å². The summed E-state index contributed by atoms with van der Waals surface area (Å²) in [6.07, 6.45) is 2.19. The Morgan fingerprint density at radius 2 is 1.83 bits per heavy atom. The highest BCUT2D eigenvalue weighted by atomic mass is 32.2. The Morgan fingerprint density at radius 1 is 1.07 bits per heavy atom. The molecule has 0 aliphatic heterocycles. The third-order valence-corrected chi connectivity index (χ3v) is 5.84. The highest BCUT2D eigenvalue weighted by Crippen LogP contribution is 2.28. The van der Waals surface area contributed by atoms with Gasteiger partial charge in [-0.25, -0.2) is 12.8 Å². The molecule has 2 aromatic carbocycles. The molecule has 162 valence electrons. The molecule has 2 N–H and O–H groups in total. The van der Waals surface area contributed by atoms with E-state index < -0.39 is 33.2 Å². The van der Waals surface area contributed by atoms with Crippen LogP contribution in [-0.2, 0) is 14.6 Å². The second-order valence-electron chi connectivity index (χ2n) is 6.73. The van der Waals surface area contributed by atoms with E-state index in [4.69, 9.17) is 4.74 Å². The van der Waals surface area contributed by atoms with E-state index in [1.807, 2.05) is 6.92 Å². The zero-order valence-corrected chi connectivity index (χ0v) is 17.7. The summed E-state index contributed by atoms with van der Waals surface area (Å²) in [5.74, 6) is -2.10. The van der Waals surface area contributed by atoms with Gasteiger partial charge in [0, 0.05) is 11.3 Å². The molecule has 0 unspecified atom stereocenters. The van der Waals surface area contributed by atoms with Gasteiger partial charge in [-0.1, -0.05) is 25.8 Å². The number of hydrogen-bond acceptors (Lipinski definition) is 5. The van der Waals surface area contributed by atoms with Crippen LogP contribution in [0, 0.1) is 5.82 Å². The first-order valence-electron chi connectivity index (χ1n) is 9.49. The number of carbonyl (C=O) groups excluding carboxylic acids is 2. The maximum absolute atomic E-state index is 13.4. The number of hydrogen-bond donors (Lipinski definition) is 2. The fraction of sp³-hybridized carbons (Fsp3) is 0.333. The smallest absolute Gasteiger partial charge is 0.255 e. The zero-order valence-electron chi connectivity index (χ0n) is 16.9. The van der Waals surface area contributed by atoms with E-state index in [1.165, 1.54) is 43.5 Å². The molecular weight excluding hydrogens is 411 g/mol. The molecule has 0 aromatic heterocycles. The number of carbonyl (C=O) groups is 2. The topological polar surface area (TPSA) is 102 Å². The molecule has 2 rings (SSSR count). The monoisotopic (exact) mass is 436 g/mol. The number of unbranched alkanes of at least 4 members (excludes halogenated alkanes) is 2. The highest BCUT2D eigenvalue weighted by Gasteiger charge is 2.17. The van der Waals surface area contributed by atoms with Crippen molar-refractivity contribution in [2.45, 2.75) is 26.2 Å². The van der Waals surface area contributed by atoms with Crippen molar-refractivity contribution in [2.24, 2.45) is 0 Å². The van der Waals surface area contributed by atoms with Crippen LogP contribution < -0.4 is 15.4 Å². The van der Waals surface area contributed by atoms with Crippen molar-refractivity contribution in [2.75, 3.05) is 29.2 Å². The molecule has 0 radical (unpaired) electrons. The molecule has 0 spiro atoms. The van der Waals surface area contributed by atoms with Gasteiger partial charge in [-0.2, -0.15) is 0 Å². The maximum atomic E-state index is 13.4. The lowest BCUT2D eigenvalue weighted by atomic mass is 10.2. The third kappa shape index (κ3) is 7.14. The summed E-state index contributed by atoms with van der Waals surface area (Å²) >= 11 is 0. The molecule has 2 amide bonds. The maximum Gasteiger partial charge on any atom is 0.255 e. The van der Waals surface area contributed by atoms with Gasteiger partial charge in [0.2, 0.25) is 5.91 Å². The van der Waals surface area contributed by atoms with E-state index in [-0.39, 0.29) is 17.0 Å². The highest BCUT2D eigenvalue weighted by molar-refractivity contribution is 7.92. The summed E-state index contributed by atoms with van der Waals surface area (Å²) in [6.45, 7) is 1.97. The number of halogens is 1. The molecule has 9 heteroatoms. The van der Waals surface area contributed by atoms with E-state index in [1.54, 1.807) is 0 Å². The lowest BCUT2D eigenvalue weighted by molar-refractivity contribution is -0.113. The van der Waals surface area contributed by atoms with Gasteiger partial charge in [0.15, 0.2) is 9.84 Å². The second-order valence-corrected chi connectivity index (χ2v) is 8.91. The summed E-state index contributed by atoms with van der Waals surface area (Å²) in [7, 11) is -2.09. The molecule has 7 nitrogen and oxygen atoms in total. The predicted octanol–water partition coefficient (Wildman–Crippen LogP) is 3.63. The third-order valence-electron chi connectivity index (χ3n) is 4.23. The van der Waals surface area contributed by atoms with Gasteiger partial charge in [-0.05, 0) is 42.8 Å². The molecule has 0 bridgehead atoms. The summed E-state index contributed by atoms with van der Waals surface area (Å²) in [5.41, 5.74) is 0.652. The lowest BCUT2D eigenvalue weighted by Gasteiger charge is -2.13.